The van der Waals surface area contributed by atoms with E-state index in [1.807, 2.05) is 5.43 Å². The minimum atomic E-state index is -1.80. The molecule has 0 saturated carbocycles. The van der Waals surface area contributed by atoms with Gasteiger partial charge in [0.25, 0.3) is 5.91 Å². The summed E-state index contributed by atoms with van der Waals surface area (Å²) in [5, 5.41) is 42.8. The smallest absolute Gasteiger partial charge is 0.330 e. The molecule has 6 rings (SSSR count). The molecule has 0 aliphatic carbocycles. The van der Waals surface area contributed by atoms with Gasteiger partial charge in [-0.2, -0.15) is 0 Å². The highest BCUT2D eigenvalue weighted by Crippen LogP contribution is 2.22. The van der Waals surface area contributed by atoms with E-state index in [-0.39, 0.29) is 94.4 Å². The molecule has 12 amide bonds. The monoisotopic (exact) mass is 1270 g/mol. The largest absolute Gasteiger partial charge is 0.508 e. The van der Waals surface area contributed by atoms with Gasteiger partial charge >= 0.3 is 6.03 Å². The van der Waals surface area contributed by atoms with Gasteiger partial charge in [0, 0.05) is 67.8 Å². The number of aromatic nitrogens is 3. The lowest BCUT2D eigenvalue weighted by molar-refractivity contribution is -0.142. The van der Waals surface area contributed by atoms with Crippen LogP contribution in [0.2, 0.25) is 0 Å². The number of nitrogens with one attached hydrogen (secondary N) is 12. The second-order valence-electron chi connectivity index (χ2n) is 23.7. The van der Waals surface area contributed by atoms with Gasteiger partial charge in [-0.15, -0.1) is 0 Å². The summed E-state index contributed by atoms with van der Waals surface area (Å²) in [7, 11) is 0. The number of urea groups is 1. The number of hydrogen-bond acceptors (Lipinski definition) is 16. The zero-order chi connectivity index (χ0) is 66.5. The number of aliphatic hydroxyl groups is 1. The van der Waals surface area contributed by atoms with E-state index in [9.17, 15) is 63.0 Å². The first-order chi connectivity index (χ1) is 43.2. The predicted molar refractivity (Wildman–Crippen MR) is 329 cm³/mol. The molecule has 4 aromatic rings. The maximum absolute atomic E-state index is 14.8. The Labute approximate surface area is 524 Å². The Morgan fingerprint density at radius 1 is 0.725 bits per heavy atom. The number of hydrazine groups is 1. The number of aliphatic imine (C=N–C) groups is 1. The summed E-state index contributed by atoms with van der Waals surface area (Å²) < 4.78 is 6.03. The van der Waals surface area contributed by atoms with Crippen molar-refractivity contribution in [3.63, 3.8) is 0 Å². The molecule has 2 saturated heterocycles. The number of aromatic amines is 2. The number of para-hydroxylation sites is 1. The predicted octanol–water partition coefficient (Wildman–Crippen LogP) is -3.11. The normalized spacial score (nSPS) is 17.0. The topological polar surface area (TPSA) is 496 Å². The Kier molecular flexibility index (Phi) is 25.6. The van der Waals surface area contributed by atoms with Crippen LogP contribution in [0.15, 0.2) is 72.2 Å². The highest BCUT2D eigenvalue weighted by molar-refractivity contribution is 5.99. The second-order valence-corrected chi connectivity index (χ2v) is 23.7. The van der Waals surface area contributed by atoms with E-state index in [4.69, 9.17) is 21.9 Å². The lowest BCUT2D eigenvalue weighted by atomic mass is 10.0. The van der Waals surface area contributed by atoms with Gasteiger partial charge in [0.1, 0.15) is 60.1 Å². The highest BCUT2D eigenvalue weighted by Gasteiger charge is 2.40. The fourth-order valence-corrected chi connectivity index (χ4v) is 10.2. The Morgan fingerprint density at radius 2 is 1.33 bits per heavy atom. The molecule has 2 aromatic carbocycles. The molecule has 4 heterocycles. The summed E-state index contributed by atoms with van der Waals surface area (Å²) in [5.74, 6) is -8.58. The Hall–Kier alpha value is -9.85. The summed E-state index contributed by atoms with van der Waals surface area (Å²) in [6, 6.07) is -0.716. The lowest BCUT2D eigenvalue weighted by Crippen LogP contribution is -2.62. The molecule has 9 atom stereocenters. The number of phenols is 1. The number of fused-ring (bicyclic) bond motifs is 1. The average molecular weight is 1270 g/mol. The van der Waals surface area contributed by atoms with Gasteiger partial charge in [0.15, 0.2) is 5.96 Å². The third kappa shape index (κ3) is 21.7. The van der Waals surface area contributed by atoms with Crippen LogP contribution in [0.5, 0.6) is 5.75 Å². The van der Waals surface area contributed by atoms with Crippen LogP contribution < -0.4 is 70.6 Å². The number of H-pyrrole nitrogens is 2. The third-order valence-electron chi connectivity index (χ3n) is 14.8. The van der Waals surface area contributed by atoms with Crippen molar-refractivity contribution in [3.05, 3.63) is 84.1 Å². The number of primary amides is 1. The number of amides is 12. The molecule has 32 nitrogen and oxygen atoms in total. The molecule has 32 heteroatoms. The first-order valence-electron chi connectivity index (χ1n) is 29.9. The standard InChI is InChI=1S/C59H84N18O14/c1-31(2)22-40(49(82)68-39(12-8-20-64-57(60)61)56(89)77-21-9-13-46(77)55(88)75-76-58(62)90)69-54(87)45(29-91-59(3,4)5)74-50(83)41(23-32-14-16-35(79)17-15-32)70-53(86)44(28-78)73-51(84)42(24-33-26-65-37-11-7-6-10-36(33)37)71-52(85)43(25-34-27-63-30-66-34)72-48(81)38-18-19-47(80)67-38/h6-7,10-11,14-17,26-27,30-31,38-46,65,78-79H,8-9,12-13,18-25,28-29H2,1-5H3,(H,63,66)(H,67,80)(H,68,82)(H,69,87)(H,70,86)(H,71,85)(H,72,81)(H,73,84)(H,74,83)(H,75,88)(H4,60,61,64)(H3,62,76,90)/t38-,39-,40-,41-,42-,43-,44-,45-,46-/m0/s1. The molecule has 0 unspecified atom stereocenters. The molecular weight excluding hydrogens is 1180 g/mol. The number of aliphatic hydroxyl groups excluding tert-OH is 1. The Balaban J connectivity index is 1.24. The maximum atomic E-state index is 14.8. The van der Waals surface area contributed by atoms with Crippen molar-refractivity contribution in [1.82, 2.24) is 73.2 Å². The van der Waals surface area contributed by atoms with Gasteiger partial charge in [-0.3, -0.25) is 58.4 Å². The SMILES string of the molecule is CC(C)C[C@H](NC(=O)[C@H](COC(C)(C)C)NC(=O)[C@H](Cc1ccc(O)cc1)NC(=O)[C@H](CO)NC(=O)[C@H](Cc1c[nH]c2ccccc12)NC(=O)[C@H](Cc1cnc[nH]1)NC(=O)[C@@H]1CCC(=O)N1)C(=O)N[C@@H](CCCN=C(N)N)C(=O)N1CCC[C@H]1C(=O)NNC(N)=O. The summed E-state index contributed by atoms with van der Waals surface area (Å²) in [4.78, 5) is 167. The van der Waals surface area contributed by atoms with Crippen molar-refractivity contribution in [2.45, 2.75) is 159 Å². The fraction of sp³-hybridized carbons (Fsp3) is 0.508. The molecule has 0 radical (unpaired) electrons. The minimum Gasteiger partial charge on any atom is -0.508 e. The van der Waals surface area contributed by atoms with Crippen LogP contribution in [-0.4, -0.2) is 187 Å². The van der Waals surface area contributed by atoms with Gasteiger partial charge in [-0.1, -0.05) is 44.2 Å². The number of imidazole rings is 1. The van der Waals surface area contributed by atoms with Crippen molar-refractivity contribution >= 4 is 82.0 Å². The van der Waals surface area contributed by atoms with E-state index in [2.05, 4.69) is 67.9 Å². The van der Waals surface area contributed by atoms with E-state index in [1.165, 1.54) is 41.7 Å². The molecule has 2 aliphatic rings. The number of rotatable bonds is 31. The van der Waals surface area contributed by atoms with Gasteiger partial charge in [0.2, 0.25) is 53.2 Å². The quantitative estimate of drug-likeness (QED) is 0.0103. The summed E-state index contributed by atoms with van der Waals surface area (Å²) in [6.45, 7) is 7.28. The van der Waals surface area contributed by atoms with E-state index < -0.39 is 132 Å². The number of nitrogens with zero attached hydrogens (tertiary/aromatic N) is 3. The molecule has 0 spiro atoms. The van der Waals surface area contributed by atoms with E-state index in [1.54, 1.807) is 65.1 Å². The number of likely N-dealkylation sites (tertiary alicyclic amines) is 1. The number of nitrogens with two attached hydrogens (primary N) is 3. The second kappa shape index (κ2) is 33.1. The number of phenolic OH excluding ortho intramolecular Hbond substituents is 1. The molecular formula is C59H84N18O14. The van der Waals surface area contributed by atoms with E-state index in [0.717, 1.165) is 0 Å². The summed E-state index contributed by atoms with van der Waals surface area (Å²) in [6.07, 6.45) is 4.91. The number of carbonyl (C=O) groups excluding carboxylic acids is 11. The number of carbonyl (C=O) groups is 11. The van der Waals surface area contributed by atoms with Crippen molar-refractivity contribution in [3.8, 4) is 5.75 Å². The van der Waals surface area contributed by atoms with Crippen LogP contribution in [0.3, 0.4) is 0 Å². The molecule has 2 aliphatic heterocycles. The number of benzene rings is 2. The molecule has 0 bridgehead atoms. The molecule has 494 valence electrons. The fourth-order valence-electron chi connectivity index (χ4n) is 10.2. The van der Waals surface area contributed by atoms with Crippen molar-refractivity contribution < 1.29 is 67.7 Å². The van der Waals surface area contributed by atoms with Crippen molar-refractivity contribution in [1.29, 1.82) is 0 Å². The van der Waals surface area contributed by atoms with E-state index in [0.29, 0.717) is 34.1 Å². The number of aromatic hydroxyl groups is 1. The Bertz CT molecular complexity index is 3240. The van der Waals surface area contributed by atoms with Crippen LogP contribution >= 0.6 is 0 Å². The highest BCUT2D eigenvalue weighted by atomic mass is 16.5. The van der Waals surface area contributed by atoms with Crippen molar-refractivity contribution in [2.75, 3.05) is 26.3 Å². The average Bonchev–Trinajstić information content (AvgIpc) is 1.85. The van der Waals surface area contributed by atoms with Crippen LogP contribution in [0, 0.1) is 5.92 Å². The van der Waals surface area contributed by atoms with Gasteiger partial charge in [-0.25, -0.2) is 15.2 Å². The van der Waals surface area contributed by atoms with E-state index >= 15 is 0 Å². The molecule has 20 N–H and O–H groups in total. The zero-order valence-corrected chi connectivity index (χ0v) is 51.4. The van der Waals surface area contributed by atoms with Crippen molar-refractivity contribution in [2.24, 2.45) is 28.1 Å². The molecule has 91 heavy (non-hydrogen) atoms. The van der Waals surface area contributed by atoms with Crippen LogP contribution in [0.4, 0.5) is 4.79 Å². The van der Waals surface area contributed by atoms with Gasteiger partial charge < -0.3 is 89.6 Å². The molecule has 2 fully saturated rings. The van der Waals surface area contributed by atoms with Gasteiger partial charge in [-0.05, 0) is 94.5 Å². The summed E-state index contributed by atoms with van der Waals surface area (Å²) >= 11 is 0. The summed E-state index contributed by atoms with van der Waals surface area (Å²) in [5.41, 5.74) is 21.6. The maximum Gasteiger partial charge on any atom is 0.330 e. The number of hydrogen-bond donors (Lipinski definition) is 17. The van der Waals surface area contributed by atoms with Crippen LogP contribution in [-0.2, 0) is 71.9 Å². The molecule has 2 aromatic heterocycles. The van der Waals surface area contributed by atoms with Gasteiger partial charge in [0.05, 0.1) is 25.1 Å². The number of guanidine groups is 1. The lowest BCUT2D eigenvalue weighted by Gasteiger charge is -2.31. The third-order valence-corrected chi connectivity index (χ3v) is 14.8. The Morgan fingerprint density at radius 3 is 1.95 bits per heavy atom. The number of ether oxygens (including phenoxy) is 1. The van der Waals surface area contributed by atoms with Crippen LogP contribution in [0.25, 0.3) is 10.9 Å². The van der Waals surface area contributed by atoms with Crippen LogP contribution in [0.1, 0.15) is 96.4 Å². The first kappa shape index (κ1) is 70.2. The minimum absolute atomic E-state index is 0.00453. The first-order valence-corrected chi connectivity index (χ1v) is 29.9. The zero-order valence-electron chi connectivity index (χ0n) is 51.4.